The molecule has 2 aromatic carbocycles. The molecule has 1 aliphatic heterocycles. The van der Waals surface area contributed by atoms with Crippen molar-refractivity contribution < 1.29 is 4.74 Å². The second-order valence-electron chi connectivity index (χ2n) is 4.62. The molecular weight excluding hydrogens is 281 g/mol. The lowest BCUT2D eigenvalue weighted by atomic mass is 9.89. The number of hydrogen-bond acceptors (Lipinski definition) is 2. The van der Waals surface area contributed by atoms with Gasteiger partial charge in [0, 0.05) is 17.5 Å². The van der Waals surface area contributed by atoms with Gasteiger partial charge in [-0.2, -0.15) is 0 Å². The minimum Gasteiger partial charge on any atom is -0.493 e. The third kappa shape index (κ3) is 2.20. The molecule has 2 aromatic rings. The van der Waals surface area contributed by atoms with Crippen LogP contribution in [0.2, 0.25) is 10.0 Å². The van der Waals surface area contributed by atoms with Crippen molar-refractivity contribution in [2.45, 2.75) is 12.0 Å². The summed E-state index contributed by atoms with van der Waals surface area (Å²) in [5.74, 6) is 1.01. The molecule has 0 radical (unpaired) electrons. The molecule has 1 heterocycles. The average molecular weight is 294 g/mol. The van der Waals surface area contributed by atoms with Crippen molar-refractivity contribution in [1.82, 2.24) is 0 Å². The van der Waals surface area contributed by atoms with Gasteiger partial charge in [0.25, 0.3) is 0 Å². The second-order valence-corrected chi connectivity index (χ2v) is 5.41. The molecule has 0 saturated carbocycles. The Kier molecular flexibility index (Phi) is 3.40. The van der Waals surface area contributed by atoms with Gasteiger partial charge in [0.15, 0.2) is 0 Å². The van der Waals surface area contributed by atoms with E-state index in [1.165, 1.54) is 0 Å². The van der Waals surface area contributed by atoms with Gasteiger partial charge in [-0.05, 0) is 17.7 Å². The van der Waals surface area contributed by atoms with Crippen LogP contribution in [0.3, 0.4) is 0 Å². The van der Waals surface area contributed by atoms with Gasteiger partial charge in [-0.25, -0.2) is 0 Å². The molecule has 2 N–H and O–H groups in total. The predicted octanol–water partition coefficient (Wildman–Crippen LogP) is 4.17. The maximum absolute atomic E-state index is 6.36. The van der Waals surface area contributed by atoms with Gasteiger partial charge < -0.3 is 10.5 Å². The molecule has 2 unspecified atom stereocenters. The number of hydrogen-bond donors (Lipinski definition) is 1. The summed E-state index contributed by atoms with van der Waals surface area (Å²) in [6, 6.07) is 13.3. The molecule has 98 valence electrons. The van der Waals surface area contributed by atoms with Crippen LogP contribution >= 0.6 is 23.2 Å². The van der Waals surface area contributed by atoms with E-state index >= 15 is 0 Å². The molecular formula is C15H13Cl2NO. The highest BCUT2D eigenvalue weighted by Gasteiger charge is 2.31. The van der Waals surface area contributed by atoms with Crippen LogP contribution < -0.4 is 10.5 Å². The number of rotatable bonds is 2. The highest BCUT2D eigenvalue weighted by atomic mass is 35.5. The SMILES string of the molecule is NC(c1cccc(Cl)c1Cl)C1COc2ccccc21. The molecule has 0 aromatic heterocycles. The summed E-state index contributed by atoms with van der Waals surface area (Å²) in [7, 11) is 0. The zero-order chi connectivity index (χ0) is 13.4. The van der Waals surface area contributed by atoms with Crippen LogP contribution in [-0.2, 0) is 0 Å². The number of benzene rings is 2. The van der Waals surface area contributed by atoms with Crippen molar-refractivity contribution in [3.63, 3.8) is 0 Å². The Morgan fingerprint density at radius 2 is 1.89 bits per heavy atom. The molecule has 0 fully saturated rings. The normalized spacial score (nSPS) is 18.8. The summed E-state index contributed by atoms with van der Waals surface area (Å²) >= 11 is 12.3. The van der Waals surface area contributed by atoms with Crippen LogP contribution in [0.1, 0.15) is 23.1 Å². The second kappa shape index (κ2) is 5.04. The Bertz CT molecular complexity index is 615. The van der Waals surface area contributed by atoms with Crippen LogP contribution in [0.5, 0.6) is 5.75 Å². The molecule has 19 heavy (non-hydrogen) atoms. The summed E-state index contributed by atoms with van der Waals surface area (Å²) in [6.45, 7) is 0.573. The van der Waals surface area contributed by atoms with Gasteiger partial charge in [-0.15, -0.1) is 0 Å². The fourth-order valence-corrected chi connectivity index (χ4v) is 2.91. The van der Waals surface area contributed by atoms with Crippen molar-refractivity contribution in [2.75, 3.05) is 6.61 Å². The smallest absolute Gasteiger partial charge is 0.122 e. The number of para-hydroxylation sites is 1. The molecule has 1 aliphatic rings. The standard InChI is InChI=1S/C15H13Cl2NO/c16-12-6-3-5-10(14(12)17)15(18)11-8-19-13-7-2-1-4-9(11)13/h1-7,11,15H,8,18H2. The van der Waals surface area contributed by atoms with Crippen LogP contribution in [0.15, 0.2) is 42.5 Å². The number of nitrogens with two attached hydrogens (primary N) is 1. The summed E-state index contributed by atoms with van der Waals surface area (Å²) in [4.78, 5) is 0. The van der Waals surface area contributed by atoms with Gasteiger partial charge in [-0.1, -0.05) is 53.5 Å². The summed E-state index contributed by atoms with van der Waals surface area (Å²) in [5, 5.41) is 1.06. The van der Waals surface area contributed by atoms with E-state index in [0.29, 0.717) is 16.7 Å². The highest BCUT2D eigenvalue weighted by molar-refractivity contribution is 6.42. The van der Waals surface area contributed by atoms with Crippen molar-refractivity contribution in [3.05, 3.63) is 63.6 Å². The zero-order valence-electron chi connectivity index (χ0n) is 10.1. The van der Waals surface area contributed by atoms with E-state index in [9.17, 15) is 0 Å². The third-order valence-electron chi connectivity index (χ3n) is 3.51. The minimum absolute atomic E-state index is 0.104. The van der Waals surface area contributed by atoms with Crippen molar-refractivity contribution in [3.8, 4) is 5.75 Å². The Labute approximate surface area is 122 Å². The Morgan fingerprint density at radius 1 is 1.11 bits per heavy atom. The van der Waals surface area contributed by atoms with E-state index < -0.39 is 0 Å². The maximum atomic E-state index is 6.36. The topological polar surface area (TPSA) is 35.2 Å². The molecule has 0 aliphatic carbocycles. The Hall–Kier alpha value is -1.22. The van der Waals surface area contributed by atoms with Gasteiger partial charge in [0.1, 0.15) is 5.75 Å². The minimum atomic E-state index is -0.227. The number of ether oxygens (including phenoxy) is 1. The molecule has 2 nitrogen and oxygen atoms in total. The van der Waals surface area contributed by atoms with Gasteiger partial charge in [-0.3, -0.25) is 0 Å². The summed E-state index contributed by atoms with van der Waals surface area (Å²) in [5.41, 5.74) is 8.35. The first kappa shape index (κ1) is 12.8. The van der Waals surface area contributed by atoms with E-state index in [-0.39, 0.29) is 12.0 Å². The van der Waals surface area contributed by atoms with Crippen molar-refractivity contribution in [2.24, 2.45) is 5.73 Å². The molecule has 0 bridgehead atoms. The van der Waals surface area contributed by atoms with Gasteiger partial charge >= 0.3 is 0 Å². The third-order valence-corrected chi connectivity index (χ3v) is 4.34. The van der Waals surface area contributed by atoms with E-state index in [1.807, 2.05) is 36.4 Å². The quantitative estimate of drug-likeness (QED) is 0.902. The predicted molar refractivity (Wildman–Crippen MR) is 78.1 cm³/mol. The Morgan fingerprint density at radius 3 is 2.74 bits per heavy atom. The van der Waals surface area contributed by atoms with Crippen LogP contribution in [0, 0.1) is 0 Å². The lowest BCUT2D eigenvalue weighted by molar-refractivity contribution is 0.315. The maximum Gasteiger partial charge on any atom is 0.122 e. The fraction of sp³-hybridized carbons (Fsp3) is 0.200. The lowest BCUT2D eigenvalue weighted by Crippen LogP contribution is -2.21. The lowest BCUT2D eigenvalue weighted by Gasteiger charge is -2.20. The summed E-state index contributed by atoms with van der Waals surface area (Å²) in [6.07, 6.45) is 0. The van der Waals surface area contributed by atoms with Crippen LogP contribution in [-0.4, -0.2) is 6.61 Å². The van der Waals surface area contributed by atoms with E-state index in [2.05, 4.69) is 0 Å². The first-order valence-corrected chi connectivity index (χ1v) is 6.85. The van der Waals surface area contributed by atoms with Crippen molar-refractivity contribution >= 4 is 23.2 Å². The molecule has 0 spiro atoms. The van der Waals surface area contributed by atoms with Crippen LogP contribution in [0.4, 0.5) is 0 Å². The number of fused-ring (bicyclic) bond motifs is 1. The molecule has 0 amide bonds. The average Bonchev–Trinajstić information content (AvgIpc) is 2.85. The highest BCUT2D eigenvalue weighted by Crippen LogP contribution is 2.42. The zero-order valence-corrected chi connectivity index (χ0v) is 11.7. The Balaban J connectivity index is 1.98. The van der Waals surface area contributed by atoms with Gasteiger partial charge in [0.2, 0.25) is 0 Å². The first-order valence-electron chi connectivity index (χ1n) is 6.09. The summed E-state index contributed by atoms with van der Waals surface area (Å²) < 4.78 is 5.67. The largest absolute Gasteiger partial charge is 0.493 e. The molecule has 4 heteroatoms. The van der Waals surface area contributed by atoms with Gasteiger partial charge in [0.05, 0.1) is 16.7 Å². The molecule has 2 atom stereocenters. The monoisotopic (exact) mass is 293 g/mol. The molecule has 0 saturated heterocycles. The van der Waals surface area contributed by atoms with Crippen LogP contribution in [0.25, 0.3) is 0 Å². The number of halogens is 2. The fourth-order valence-electron chi connectivity index (χ4n) is 2.48. The first-order chi connectivity index (χ1) is 9.18. The molecule has 3 rings (SSSR count). The van der Waals surface area contributed by atoms with E-state index in [1.54, 1.807) is 6.07 Å². The van der Waals surface area contributed by atoms with Crippen molar-refractivity contribution in [1.29, 1.82) is 0 Å². The van der Waals surface area contributed by atoms with E-state index in [0.717, 1.165) is 16.9 Å². The van der Waals surface area contributed by atoms with E-state index in [4.69, 9.17) is 33.7 Å².